The van der Waals surface area contributed by atoms with Crippen LogP contribution in [0, 0.1) is 5.92 Å². The molecule has 0 amide bonds. The van der Waals surface area contributed by atoms with Gasteiger partial charge in [-0.15, -0.1) is 0 Å². The Hall–Kier alpha value is -1.39. The van der Waals surface area contributed by atoms with E-state index in [0.29, 0.717) is 5.92 Å². The number of rotatable bonds is 6. The van der Waals surface area contributed by atoms with Crippen LogP contribution in [0.25, 0.3) is 11.1 Å². The summed E-state index contributed by atoms with van der Waals surface area (Å²) < 4.78 is 5.31. The molecule has 0 bridgehead atoms. The Labute approximate surface area is 114 Å². The maximum Gasteiger partial charge on any atom is 0.181 e. The van der Waals surface area contributed by atoms with Crippen LogP contribution in [0.5, 0.6) is 0 Å². The lowest BCUT2D eigenvalue weighted by Gasteiger charge is -2.29. The minimum absolute atomic E-state index is 0.204. The first-order valence-electron chi connectivity index (χ1n) is 6.75. The van der Waals surface area contributed by atoms with Crippen LogP contribution in [-0.2, 0) is 6.42 Å². The number of nitrogens with zero attached hydrogens (tertiary/aromatic N) is 2. The second-order valence-electron chi connectivity index (χ2n) is 5.38. The fraction of sp³-hybridized carbons (Fsp3) is 0.533. The number of hydrogen-bond donors (Lipinski definition) is 1. The average Bonchev–Trinajstić information content (AvgIpc) is 2.84. The Morgan fingerprint density at radius 3 is 2.84 bits per heavy atom. The minimum atomic E-state index is 0.204. The number of hydrogen-bond acceptors (Lipinski definition) is 4. The molecule has 4 heteroatoms. The van der Waals surface area contributed by atoms with Gasteiger partial charge in [0.15, 0.2) is 12.0 Å². The van der Waals surface area contributed by atoms with E-state index in [1.807, 2.05) is 12.1 Å². The molecule has 0 aliphatic rings. The second kappa shape index (κ2) is 6.17. The fourth-order valence-electron chi connectivity index (χ4n) is 2.39. The molecular formula is C15H22N2O2. The number of benzene rings is 1. The number of aliphatic hydroxyl groups excluding tert-OH is 1. The zero-order valence-corrected chi connectivity index (χ0v) is 11.8. The third-order valence-corrected chi connectivity index (χ3v) is 3.67. The Bertz CT molecular complexity index is 522. The van der Waals surface area contributed by atoms with Crippen molar-refractivity contribution in [1.29, 1.82) is 0 Å². The molecule has 0 radical (unpaired) electrons. The maximum absolute atomic E-state index is 9.41. The van der Waals surface area contributed by atoms with Crippen molar-refractivity contribution < 1.29 is 9.52 Å². The summed E-state index contributed by atoms with van der Waals surface area (Å²) in [6.45, 7) is 5.40. The molecular weight excluding hydrogens is 240 g/mol. The van der Waals surface area contributed by atoms with Crippen molar-refractivity contribution in [3.8, 4) is 0 Å². The molecule has 1 aromatic carbocycles. The molecule has 0 aliphatic heterocycles. The average molecular weight is 262 g/mol. The molecule has 4 nitrogen and oxygen atoms in total. The van der Waals surface area contributed by atoms with Crippen LogP contribution in [0.4, 0.5) is 0 Å². The van der Waals surface area contributed by atoms with Gasteiger partial charge in [0.2, 0.25) is 0 Å². The predicted octanol–water partition coefficient (Wildman–Crippen LogP) is 2.32. The van der Waals surface area contributed by atoms with E-state index in [0.717, 1.165) is 24.1 Å². The number of oxazole rings is 1. The Morgan fingerprint density at radius 2 is 2.16 bits per heavy atom. The van der Waals surface area contributed by atoms with E-state index in [4.69, 9.17) is 4.42 Å². The van der Waals surface area contributed by atoms with Gasteiger partial charge < -0.3 is 14.4 Å². The van der Waals surface area contributed by atoms with Crippen LogP contribution in [0.15, 0.2) is 29.0 Å². The van der Waals surface area contributed by atoms with Gasteiger partial charge in [-0.25, -0.2) is 4.98 Å². The van der Waals surface area contributed by atoms with Crippen molar-refractivity contribution in [1.82, 2.24) is 9.88 Å². The topological polar surface area (TPSA) is 49.5 Å². The molecule has 0 aliphatic carbocycles. The third kappa shape index (κ3) is 3.33. The number of aliphatic hydroxyl groups is 1. The minimum Gasteiger partial charge on any atom is -0.443 e. The molecule has 0 spiro atoms. The van der Waals surface area contributed by atoms with Crippen molar-refractivity contribution in [2.24, 2.45) is 5.92 Å². The van der Waals surface area contributed by atoms with Crippen LogP contribution in [-0.4, -0.2) is 41.2 Å². The van der Waals surface area contributed by atoms with Crippen LogP contribution in [0.2, 0.25) is 0 Å². The fourth-order valence-corrected chi connectivity index (χ4v) is 2.39. The maximum atomic E-state index is 9.41. The predicted molar refractivity (Wildman–Crippen MR) is 76.1 cm³/mol. The number of likely N-dealkylation sites (N-methyl/N-ethyl adjacent to an activating group) is 1. The Morgan fingerprint density at radius 1 is 1.37 bits per heavy atom. The molecule has 0 fully saturated rings. The highest BCUT2D eigenvalue weighted by atomic mass is 16.3. The summed E-state index contributed by atoms with van der Waals surface area (Å²) in [5, 5.41) is 9.41. The molecule has 2 rings (SSSR count). The highest BCUT2D eigenvalue weighted by molar-refractivity contribution is 5.72. The van der Waals surface area contributed by atoms with E-state index >= 15 is 0 Å². The first-order chi connectivity index (χ1) is 9.11. The third-order valence-electron chi connectivity index (χ3n) is 3.67. The van der Waals surface area contributed by atoms with E-state index in [1.165, 1.54) is 12.0 Å². The largest absolute Gasteiger partial charge is 0.443 e. The van der Waals surface area contributed by atoms with Crippen molar-refractivity contribution in [3.05, 3.63) is 30.2 Å². The number of aromatic nitrogens is 1. The zero-order valence-electron chi connectivity index (χ0n) is 11.8. The summed E-state index contributed by atoms with van der Waals surface area (Å²) in [4.78, 5) is 6.33. The molecule has 104 valence electrons. The summed E-state index contributed by atoms with van der Waals surface area (Å²) in [6, 6.07) is 6.33. The SMILES string of the molecule is CC(C)C(CO)N(C)CCc1ccc2ncoc2c1. The van der Waals surface area contributed by atoms with Gasteiger partial charge in [-0.2, -0.15) is 0 Å². The molecule has 1 N–H and O–H groups in total. The standard InChI is InChI=1S/C15H22N2O2/c1-11(2)14(9-18)17(3)7-6-12-4-5-13-15(8-12)19-10-16-13/h4-5,8,10-11,14,18H,6-7,9H2,1-3H3. The van der Waals surface area contributed by atoms with Crippen LogP contribution in [0.3, 0.4) is 0 Å². The monoisotopic (exact) mass is 262 g/mol. The van der Waals surface area contributed by atoms with Gasteiger partial charge in [0.05, 0.1) is 6.61 Å². The van der Waals surface area contributed by atoms with E-state index in [1.54, 1.807) is 0 Å². The lowest BCUT2D eigenvalue weighted by atomic mass is 10.0. The molecule has 1 aromatic heterocycles. The van der Waals surface area contributed by atoms with Gasteiger partial charge in [-0.3, -0.25) is 0 Å². The van der Waals surface area contributed by atoms with Crippen LogP contribution >= 0.6 is 0 Å². The summed E-state index contributed by atoms with van der Waals surface area (Å²) in [5.41, 5.74) is 2.96. The summed E-state index contributed by atoms with van der Waals surface area (Å²) in [6.07, 6.45) is 2.41. The Kier molecular flexibility index (Phi) is 4.56. The number of fused-ring (bicyclic) bond motifs is 1. The van der Waals surface area contributed by atoms with Crippen molar-refractivity contribution in [2.75, 3.05) is 20.2 Å². The molecule has 0 saturated heterocycles. The molecule has 19 heavy (non-hydrogen) atoms. The second-order valence-corrected chi connectivity index (χ2v) is 5.38. The molecule has 2 aromatic rings. The van der Waals surface area contributed by atoms with Gasteiger partial charge in [-0.05, 0) is 37.1 Å². The molecule has 0 saturated carbocycles. The summed E-state index contributed by atoms with van der Waals surface area (Å²) in [5.74, 6) is 0.451. The van der Waals surface area contributed by atoms with E-state index in [-0.39, 0.29) is 12.6 Å². The smallest absolute Gasteiger partial charge is 0.181 e. The van der Waals surface area contributed by atoms with Gasteiger partial charge in [0.25, 0.3) is 0 Å². The Balaban J connectivity index is 1.97. The lowest BCUT2D eigenvalue weighted by Crippen LogP contribution is -2.39. The van der Waals surface area contributed by atoms with Crippen LogP contribution in [0.1, 0.15) is 19.4 Å². The van der Waals surface area contributed by atoms with Gasteiger partial charge >= 0.3 is 0 Å². The zero-order chi connectivity index (χ0) is 13.8. The van der Waals surface area contributed by atoms with Crippen molar-refractivity contribution in [2.45, 2.75) is 26.3 Å². The normalized spacial score (nSPS) is 13.6. The van der Waals surface area contributed by atoms with Crippen molar-refractivity contribution >= 4 is 11.1 Å². The molecule has 1 heterocycles. The summed E-state index contributed by atoms with van der Waals surface area (Å²) >= 11 is 0. The quantitative estimate of drug-likeness (QED) is 0.868. The highest BCUT2D eigenvalue weighted by Gasteiger charge is 2.17. The lowest BCUT2D eigenvalue weighted by molar-refractivity contribution is 0.114. The van der Waals surface area contributed by atoms with E-state index in [9.17, 15) is 5.11 Å². The van der Waals surface area contributed by atoms with Gasteiger partial charge in [0, 0.05) is 12.6 Å². The molecule has 1 unspecified atom stereocenters. The summed E-state index contributed by atoms with van der Waals surface area (Å²) in [7, 11) is 2.06. The van der Waals surface area contributed by atoms with E-state index in [2.05, 4.69) is 36.8 Å². The van der Waals surface area contributed by atoms with E-state index < -0.39 is 0 Å². The van der Waals surface area contributed by atoms with Crippen LogP contribution < -0.4 is 0 Å². The van der Waals surface area contributed by atoms with Crippen molar-refractivity contribution in [3.63, 3.8) is 0 Å². The highest BCUT2D eigenvalue weighted by Crippen LogP contribution is 2.15. The first-order valence-corrected chi connectivity index (χ1v) is 6.75. The van der Waals surface area contributed by atoms with Gasteiger partial charge in [0.1, 0.15) is 5.52 Å². The molecule has 1 atom stereocenters. The first kappa shape index (κ1) is 14.0. The van der Waals surface area contributed by atoms with Gasteiger partial charge in [-0.1, -0.05) is 19.9 Å².